The summed E-state index contributed by atoms with van der Waals surface area (Å²) in [6.07, 6.45) is -0.854. The first kappa shape index (κ1) is 22.3. The third-order valence-corrected chi connectivity index (χ3v) is 5.13. The average molecular weight is 448 g/mol. The average Bonchev–Trinajstić information content (AvgIpc) is 2.80. The van der Waals surface area contributed by atoms with Crippen LogP contribution in [0.25, 0.3) is 0 Å². The Kier molecular flexibility index (Phi) is 7.05. The number of hydrogen-bond donors (Lipinski definition) is 0. The summed E-state index contributed by atoms with van der Waals surface area (Å²) >= 11 is 0. The molecule has 170 valence electrons. The lowest BCUT2D eigenvalue weighted by Crippen LogP contribution is -2.44. The molecular formula is C22H22F2N2O6. The van der Waals surface area contributed by atoms with Crippen LogP contribution in [0.1, 0.15) is 23.3 Å². The Hall–Kier alpha value is -2.92. The molecule has 2 saturated heterocycles. The molecule has 2 fully saturated rings. The monoisotopic (exact) mass is 448 g/mol. The van der Waals surface area contributed by atoms with Gasteiger partial charge in [-0.05, 0) is 35.4 Å². The lowest BCUT2D eigenvalue weighted by Gasteiger charge is -2.32. The molecule has 0 N–H and O–H groups in total. The lowest BCUT2D eigenvalue weighted by molar-refractivity contribution is -0.239. The molecule has 2 unspecified atom stereocenters. The van der Waals surface area contributed by atoms with Gasteiger partial charge in [0, 0.05) is 0 Å². The number of nitrogens with zero attached hydrogens (tertiary/aromatic N) is 2. The van der Waals surface area contributed by atoms with Crippen LogP contribution in [0.4, 0.5) is 8.78 Å². The van der Waals surface area contributed by atoms with Gasteiger partial charge < -0.3 is 19.1 Å². The van der Waals surface area contributed by atoms with Crippen LogP contribution < -0.4 is 0 Å². The molecule has 32 heavy (non-hydrogen) atoms. The molecule has 2 aliphatic heterocycles. The summed E-state index contributed by atoms with van der Waals surface area (Å²) in [6.45, 7) is 1.48. The van der Waals surface area contributed by atoms with Gasteiger partial charge in [-0.25, -0.2) is 18.4 Å². The van der Waals surface area contributed by atoms with Crippen molar-refractivity contribution in [2.24, 2.45) is 0 Å². The minimum atomic E-state index is -1.16. The number of ether oxygens (including phenoxy) is 2. The fourth-order valence-electron chi connectivity index (χ4n) is 3.48. The molecule has 8 nitrogen and oxygen atoms in total. The van der Waals surface area contributed by atoms with E-state index >= 15 is 0 Å². The third-order valence-electron chi connectivity index (χ3n) is 5.13. The minimum absolute atomic E-state index is 0.189. The van der Waals surface area contributed by atoms with Gasteiger partial charge in [-0.15, -0.1) is 10.1 Å². The van der Waals surface area contributed by atoms with Crippen molar-refractivity contribution in [3.05, 3.63) is 71.3 Å². The lowest BCUT2D eigenvalue weighted by atomic mass is 10.1. The summed E-state index contributed by atoms with van der Waals surface area (Å²) in [6, 6.07) is 11.7. The van der Waals surface area contributed by atoms with E-state index in [1.165, 1.54) is 34.4 Å². The van der Waals surface area contributed by atoms with Crippen LogP contribution in [0, 0.1) is 11.6 Å². The van der Waals surface area contributed by atoms with Crippen LogP contribution in [0.15, 0.2) is 48.5 Å². The molecule has 0 radical (unpaired) electrons. The molecule has 4 rings (SSSR count). The molecule has 10 heteroatoms. The van der Waals surface area contributed by atoms with E-state index in [9.17, 15) is 18.4 Å². The van der Waals surface area contributed by atoms with E-state index in [1.807, 2.05) is 0 Å². The molecule has 2 aliphatic rings. The zero-order chi connectivity index (χ0) is 22.5. The molecule has 0 spiro atoms. The van der Waals surface area contributed by atoms with E-state index in [1.54, 1.807) is 24.3 Å². The van der Waals surface area contributed by atoms with Crippen molar-refractivity contribution in [3.8, 4) is 0 Å². The maximum absolute atomic E-state index is 13.1. The second-order valence-electron chi connectivity index (χ2n) is 7.36. The van der Waals surface area contributed by atoms with Crippen molar-refractivity contribution in [2.45, 2.75) is 12.2 Å². The second-order valence-corrected chi connectivity index (χ2v) is 7.36. The Balaban J connectivity index is 1.28. The zero-order valence-corrected chi connectivity index (χ0v) is 17.1. The van der Waals surface area contributed by atoms with Gasteiger partial charge in [0.25, 0.3) is 0 Å². The maximum Gasteiger partial charge on any atom is 0.438 e. The Labute approximate surface area is 183 Å². The van der Waals surface area contributed by atoms with Crippen LogP contribution in [0.5, 0.6) is 0 Å². The van der Waals surface area contributed by atoms with E-state index in [2.05, 4.69) is 0 Å². The highest BCUT2D eigenvalue weighted by atomic mass is 19.1. The first-order valence-corrected chi connectivity index (χ1v) is 10.2. The Morgan fingerprint density at radius 2 is 1.09 bits per heavy atom. The van der Waals surface area contributed by atoms with Crippen molar-refractivity contribution in [2.75, 3.05) is 39.4 Å². The summed E-state index contributed by atoms with van der Waals surface area (Å²) < 4.78 is 37.5. The number of carbonyl (C=O) groups is 2. The molecule has 0 saturated carbocycles. The molecule has 0 amide bonds. The predicted octanol–water partition coefficient (Wildman–Crippen LogP) is 2.33. The van der Waals surface area contributed by atoms with Gasteiger partial charge in [0.15, 0.2) is 0 Å². The van der Waals surface area contributed by atoms with Crippen molar-refractivity contribution < 1.29 is 37.5 Å². The fraction of sp³-hybridized carbons (Fsp3) is 0.364. The largest absolute Gasteiger partial charge is 0.438 e. The van der Waals surface area contributed by atoms with E-state index in [-0.39, 0.29) is 51.0 Å². The van der Waals surface area contributed by atoms with Crippen LogP contribution in [0.2, 0.25) is 0 Å². The molecule has 0 aromatic heterocycles. The van der Waals surface area contributed by atoms with Crippen molar-refractivity contribution >= 4 is 11.9 Å². The molecule has 2 aromatic rings. The van der Waals surface area contributed by atoms with Crippen LogP contribution in [-0.4, -0.2) is 61.5 Å². The van der Waals surface area contributed by atoms with Crippen LogP contribution in [-0.2, 0) is 28.7 Å². The highest BCUT2D eigenvalue weighted by Gasteiger charge is 2.31. The van der Waals surface area contributed by atoms with Crippen molar-refractivity contribution in [1.29, 1.82) is 0 Å². The summed E-state index contributed by atoms with van der Waals surface area (Å²) in [5.74, 6) is -3.04. The molecule has 2 heterocycles. The van der Waals surface area contributed by atoms with Gasteiger partial charge in [0.05, 0.1) is 51.6 Å². The standard InChI is InChI=1S/C22H22F2N2O6/c23-17-5-1-15(2-6-17)19-13-25(9-11-29-19)31-21(27)22(28)32-26-10-12-30-20(14-26)16-3-7-18(24)8-4-16/h1-8,19-20H,9-14H2. The van der Waals surface area contributed by atoms with E-state index in [4.69, 9.17) is 19.1 Å². The second kappa shape index (κ2) is 10.1. The molecule has 2 atom stereocenters. The van der Waals surface area contributed by atoms with Gasteiger partial charge in [0.2, 0.25) is 0 Å². The van der Waals surface area contributed by atoms with Gasteiger partial charge in [0.1, 0.15) is 11.6 Å². The van der Waals surface area contributed by atoms with Gasteiger partial charge in [-0.2, -0.15) is 0 Å². The Morgan fingerprint density at radius 3 is 1.47 bits per heavy atom. The normalized spacial score (nSPS) is 22.3. The van der Waals surface area contributed by atoms with E-state index < -0.39 is 24.1 Å². The van der Waals surface area contributed by atoms with Crippen LogP contribution in [0.3, 0.4) is 0 Å². The zero-order valence-electron chi connectivity index (χ0n) is 17.1. The smallest absolute Gasteiger partial charge is 0.371 e. The van der Waals surface area contributed by atoms with E-state index in [0.29, 0.717) is 0 Å². The predicted molar refractivity (Wildman–Crippen MR) is 106 cm³/mol. The first-order valence-electron chi connectivity index (χ1n) is 10.2. The fourth-order valence-corrected chi connectivity index (χ4v) is 3.48. The molecule has 0 bridgehead atoms. The number of hydroxylamine groups is 4. The number of carbonyl (C=O) groups excluding carboxylic acids is 2. The number of morpholine rings is 2. The van der Waals surface area contributed by atoms with Gasteiger partial charge >= 0.3 is 11.9 Å². The molecule has 2 aromatic carbocycles. The molecule has 0 aliphatic carbocycles. The summed E-state index contributed by atoms with van der Waals surface area (Å²) in [5.41, 5.74) is 1.46. The number of hydrogen-bond acceptors (Lipinski definition) is 8. The summed E-state index contributed by atoms with van der Waals surface area (Å²) in [7, 11) is 0. The Bertz CT molecular complexity index is 863. The van der Waals surface area contributed by atoms with Gasteiger partial charge in [-0.1, -0.05) is 24.3 Å². The number of rotatable bonds is 4. The molecular weight excluding hydrogens is 426 g/mol. The van der Waals surface area contributed by atoms with E-state index in [0.717, 1.165) is 11.1 Å². The highest BCUT2D eigenvalue weighted by molar-refractivity contribution is 6.29. The maximum atomic E-state index is 13.1. The highest BCUT2D eigenvalue weighted by Crippen LogP contribution is 2.24. The quantitative estimate of drug-likeness (QED) is 0.660. The third kappa shape index (κ3) is 5.65. The Morgan fingerprint density at radius 1 is 0.719 bits per heavy atom. The van der Waals surface area contributed by atoms with Crippen LogP contribution >= 0.6 is 0 Å². The first-order chi connectivity index (χ1) is 15.5. The number of benzene rings is 2. The minimum Gasteiger partial charge on any atom is -0.371 e. The number of halogens is 2. The topological polar surface area (TPSA) is 77.5 Å². The SMILES string of the molecule is O=C(ON1CCOC(c2ccc(F)cc2)C1)C(=O)ON1CCOC(c2ccc(F)cc2)C1. The van der Waals surface area contributed by atoms with Crippen molar-refractivity contribution in [1.82, 2.24) is 10.1 Å². The van der Waals surface area contributed by atoms with Gasteiger partial charge in [-0.3, -0.25) is 0 Å². The summed E-state index contributed by atoms with van der Waals surface area (Å²) in [5, 5.41) is 2.64. The van der Waals surface area contributed by atoms with Crippen molar-refractivity contribution in [3.63, 3.8) is 0 Å². The summed E-state index contributed by atoms with van der Waals surface area (Å²) in [4.78, 5) is 34.8.